The van der Waals surface area contributed by atoms with Crippen LogP contribution < -0.4 is 0 Å². The fourth-order valence-corrected chi connectivity index (χ4v) is 1.77. The molecular formula is C18H16. The molecule has 2 rings (SSSR count). The summed E-state index contributed by atoms with van der Waals surface area (Å²) in [6, 6.07) is 12.3. The first kappa shape index (κ1) is 12.3. The zero-order valence-corrected chi connectivity index (χ0v) is 10.8. The molecule has 88 valence electrons. The Morgan fingerprint density at radius 1 is 1.00 bits per heavy atom. The first-order valence-corrected chi connectivity index (χ1v) is 6.18. The third-order valence-corrected chi connectivity index (χ3v) is 2.75. The predicted octanol–water partition coefficient (Wildman–Crippen LogP) is 4.22. The van der Waals surface area contributed by atoms with Gasteiger partial charge in [0.1, 0.15) is 0 Å². The Morgan fingerprint density at radius 2 is 1.67 bits per heavy atom. The molecule has 0 aliphatic heterocycles. The first-order valence-electron chi connectivity index (χ1n) is 6.18. The van der Waals surface area contributed by atoms with Crippen molar-refractivity contribution in [1.29, 1.82) is 0 Å². The fraction of sp³-hybridized carbons (Fsp3) is 0.222. The molecule has 0 spiro atoms. The predicted molar refractivity (Wildman–Crippen MR) is 78.2 cm³/mol. The Bertz CT molecular complexity index is 658. The van der Waals surface area contributed by atoms with E-state index < -0.39 is 0 Å². The second-order valence-electron chi connectivity index (χ2n) is 4.82. The molecule has 0 N–H and O–H groups in total. The Morgan fingerprint density at radius 3 is 2.33 bits per heavy atom. The number of hydrogen-bond acceptors (Lipinski definition) is 0. The minimum absolute atomic E-state index is 0.617. The van der Waals surface area contributed by atoms with Gasteiger partial charge in [-0.15, -0.1) is 6.42 Å². The maximum atomic E-state index is 5.41. The summed E-state index contributed by atoms with van der Waals surface area (Å²) in [5.41, 5.74) is 1.96. The van der Waals surface area contributed by atoms with Crippen molar-refractivity contribution in [3.05, 3.63) is 47.5 Å². The molecule has 0 nitrogen and oxygen atoms in total. The van der Waals surface area contributed by atoms with E-state index in [0.29, 0.717) is 5.92 Å². The van der Waals surface area contributed by atoms with Gasteiger partial charge in [0.2, 0.25) is 0 Å². The minimum atomic E-state index is 0.617. The summed E-state index contributed by atoms with van der Waals surface area (Å²) < 4.78 is 0. The molecule has 0 radical (unpaired) electrons. The maximum absolute atomic E-state index is 5.41. The molecule has 0 aromatic heterocycles. The maximum Gasteiger partial charge on any atom is 0.0251 e. The third kappa shape index (κ3) is 2.93. The molecule has 2 aromatic rings. The largest absolute Gasteiger partial charge is 0.115 e. The quantitative estimate of drug-likeness (QED) is 0.646. The first-order chi connectivity index (χ1) is 8.69. The van der Waals surface area contributed by atoms with Gasteiger partial charge in [0, 0.05) is 17.5 Å². The van der Waals surface area contributed by atoms with Crippen LogP contribution in [0.3, 0.4) is 0 Å². The molecule has 0 atom stereocenters. The topological polar surface area (TPSA) is 0 Å². The highest BCUT2D eigenvalue weighted by atomic mass is 14.0. The van der Waals surface area contributed by atoms with Gasteiger partial charge in [0.25, 0.3) is 0 Å². The number of hydrogen-bond donors (Lipinski definition) is 0. The van der Waals surface area contributed by atoms with Crippen LogP contribution in [-0.4, -0.2) is 0 Å². The van der Waals surface area contributed by atoms with Crippen LogP contribution in [0.15, 0.2) is 36.4 Å². The smallest absolute Gasteiger partial charge is 0.0251 e. The van der Waals surface area contributed by atoms with Gasteiger partial charge in [-0.2, -0.15) is 0 Å². The summed E-state index contributed by atoms with van der Waals surface area (Å²) in [6.07, 6.45) is 6.35. The van der Waals surface area contributed by atoms with E-state index in [4.69, 9.17) is 6.42 Å². The van der Waals surface area contributed by atoms with Crippen molar-refractivity contribution in [1.82, 2.24) is 0 Å². The number of fused-ring (bicyclic) bond motifs is 1. The van der Waals surface area contributed by atoms with Crippen molar-refractivity contribution >= 4 is 10.8 Å². The average Bonchev–Trinajstić information content (AvgIpc) is 2.37. The normalized spacial score (nSPS) is 9.89. The highest BCUT2D eigenvalue weighted by Gasteiger charge is 1.96. The van der Waals surface area contributed by atoms with Crippen LogP contribution in [0.25, 0.3) is 10.8 Å². The molecule has 0 unspecified atom stereocenters. The molecule has 18 heavy (non-hydrogen) atoms. The van der Waals surface area contributed by atoms with Gasteiger partial charge in [0.15, 0.2) is 0 Å². The van der Waals surface area contributed by atoms with Crippen molar-refractivity contribution < 1.29 is 0 Å². The van der Waals surface area contributed by atoms with Crippen molar-refractivity contribution in [2.45, 2.75) is 20.3 Å². The third-order valence-electron chi connectivity index (χ3n) is 2.75. The van der Waals surface area contributed by atoms with E-state index in [1.165, 1.54) is 5.39 Å². The summed E-state index contributed by atoms with van der Waals surface area (Å²) in [7, 11) is 0. The number of rotatable bonds is 1. The van der Waals surface area contributed by atoms with E-state index in [1.54, 1.807) is 0 Å². The fourth-order valence-electron chi connectivity index (χ4n) is 1.77. The van der Waals surface area contributed by atoms with Gasteiger partial charge < -0.3 is 0 Å². The molecule has 0 saturated carbocycles. The average molecular weight is 232 g/mol. The summed E-state index contributed by atoms with van der Waals surface area (Å²) in [6.45, 7) is 4.35. The standard InChI is InChI=1S/C18H16/c1-4-15-8-10-17-11-9-16(13-18(17)12-15)7-5-6-14(2)3/h1,8-14H,6H2,2-3H3. The lowest BCUT2D eigenvalue weighted by molar-refractivity contribution is 0.676. The van der Waals surface area contributed by atoms with Gasteiger partial charge in [-0.25, -0.2) is 0 Å². The van der Waals surface area contributed by atoms with Crippen LogP contribution in [-0.2, 0) is 0 Å². The highest BCUT2D eigenvalue weighted by Crippen LogP contribution is 2.17. The van der Waals surface area contributed by atoms with Crippen LogP contribution in [0.1, 0.15) is 31.4 Å². The lowest BCUT2D eigenvalue weighted by Gasteiger charge is -2.00. The monoisotopic (exact) mass is 232 g/mol. The summed E-state index contributed by atoms with van der Waals surface area (Å²) >= 11 is 0. The van der Waals surface area contributed by atoms with E-state index in [2.05, 4.69) is 55.9 Å². The van der Waals surface area contributed by atoms with E-state index in [9.17, 15) is 0 Å². The lowest BCUT2D eigenvalue weighted by atomic mass is 10.0. The molecule has 0 saturated heterocycles. The second kappa shape index (κ2) is 5.44. The molecule has 0 bridgehead atoms. The molecule has 0 heteroatoms. The zero-order valence-electron chi connectivity index (χ0n) is 10.8. The van der Waals surface area contributed by atoms with Crippen LogP contribution >= 0.6 is 0 Å². The Hall–Kier alpha value is -2.18. The second-order valence-corrected chi connectivity index (χ2v) is 4.82. The van der Waals surface area contributed by atoms with Crippen molar-refractivity contribution in [3.63, 3.8) is 0 Å². The van der Waals surface area contributed by atoms with Crippen molar-refractivity contribution in [2.24, 2.45) is 5.92 Å². The number of terminal acetylenes is 1. The summed E-state index contributed by atoms with van der Waals surface area (Å²) in [5, 5.41) is 2.35. The van der Waals surface area contributed by atoms with Gasteiger partial charge in [-0.3, -0.25) is 0 Å². The molecule has 0 heterocycles. The van der Waals surface area contributed by atoms with Gasteiger partial charge >= 0.3 is 0 Å². The van der Waals surface area contributed by atoms with Gasteiger partial charge in [0.05, 0.1) is 0 Å². The Balaban J connectivity index is 2.36. The molecule has 2 aromatic carbocycles. The SMILES string of the molecule is C#Cc1ccc2ccc(C#CCC(C)C)cc2c1. The van der Waals surface area contributed by atoms with Crippen LogP contribution in [0.4, 0.5) is 0 Å². The Labute approximate surface area is 109 Å². The zero-order chi connectivity index (χ0) is 13.0. The van der Waals surface area contributed by atoms with E-state index in [0.717, 1.165) is 22.9 Å². The van der Waals surface area contributed by atoms with E-state index >= 15 is 0 Å². The van der Waals surface area contributed by atoms with Crippen molar-refractivity contribution in [2.75, 3.05) is 0 Å². The Kier molecular flexibility index (Phi) is 3.71. The summed E-state index contributed by atoms with van der Waals surface area (Å²) in [4.78, 5) is 0. The van der Waals surface area contributed by atoms with Gasteiger partial charge in [-0.1, -0.05) is 43.7 Å². The number of benzene rings is 2. The van der Waals surface area contributed by atoms with Crippen LogP contribution in [0.2, 0.25) is 0 Å². The van der Waals surface area contributed by atoms with Crippen LogP contribution in [0.5, 0.6) is 0 Å². The summed E-state index contributed by atoms with van der Waals surface area (Å²) in [5.74, 6) is 9.69. The van der Waals surface area contributed by atoms with E-state index in [1.807, 2.05) is 12.1 Å². The molecular weight excluding hydrogens is 216 g/mol. The highest BCUT2D eigenvalue weighted by molar-refractivity contribution is 5.85. The lowest BCUT2D eigenvalue weighted by Crippen LogP contribution is -1.83. The van der Waals surface area contributed by atoms with E-state index in [-0.39, 0.29) is 0 Å². The van der Waals surface area contributed by atoms with Crippen LogP contribution in [0, 0.1) is 30.1 Å². The minimum Gasteiger partial charge on any atom is -0.115 e. The van der Waals surface area contributed by atoms with Crippen molar-refractivity contribution in [3.8, 4) is 24.2 Å². The molecule has 0 fully saturated rings. The van der Waals surface area contributed by atoms with Gasteiger partial charge in [-0.05, 0) is 41.0 Å². The molecule has 0 amide bonds. The molecule has 0 aliphatic carbocycles. The molecule has 0 aliphatic rings.